The smallest absolute Gasteiger partial charge is 0.279 e. The van der Waals surface area contributed by atoms with Gasteiger partial charge in [-0.05, 0) is 49.2 Å². The monoisotopic (exact) mass is 483 g/mol. The third-order valence-corrected chi connectivity index (χ3v) is 7.72. The molecule has 0 saturated carbocycles. The van der Waals surface area contributed by atoms with E-state index in [9.17, 15) is 16.8 Å². The molecule has 172 valence electrons. The maximum atomic E-state index is 13.5. The number of nitrogens with one attached hydrogen (secondary N) is 1. The van der Waals surface area contributed by atoms with Crippen LogP contribution >= 0.6 is 0 Å². The molecule has 0 fully saturated rings. The van der Waals surface area contributed by atoms with Gasteiger partial charge in [-0.15, -0.1) is 0 Å². The highest BCUT2D eigenvalue weighted by Crippen LogP contribution is 2.37. The van der Waals surface area contributed by atoms with E-state index in [1.165, 1.54) is 4.41 Å². The van der Waals surface area contributed by atoms with Gasteiger partial charge in [0.15, 0.2) is 0 Å². The Morgan fingerprint density at radius 2 is 1.36 bits per heavy atom. The van der Waals surface area contributed by atoms with Gasteiger partial charge in [-0.2, -0.15) is 17.9 Å². The Hall–Kier alpha value is -3.17. The van der Waals surface area contributed by atoms with Crippen LogP contribution in [-0.4, -0.2) is 33.2 Å². The van der Waals surface area contributed by atoms with Gasteiger partial charge in [0.1, 0.15) is 0 Å². The van der Waals surface area contributed by atoms with Crippen molar-refractivity contribution in [2.45, 2.75) is 31.2 Å². The van der Waals surface area contributed by atoms with Crippen LogP contribution in [0.15, 0.2) is 82.8 Å². The van der Waals surface area contributed by atoms with Crippen LogP contribution in [0.4, 0.5) is 5.69 Å². The van der Waals surface area contributed by atoms with Crippen LogP contribution < -0.4 is 4.72 Å². The Bertz CT molecular complexity index is 1400. The summed E-state index contributed by atoms with van der Waals surface area (Å²) in [5.41, 5.74) is 4.68. The SMILES string of the molecule is Cc1ccc(C2CC(c3ccc(NS(C)(=O)=O)cc3)=NN2S(=O)(=O)c2ccc(C)cc2)cc1. The van der Waals surface area contributed by atoms with Gasteiger partial charge in [0, 0.05) is 12.1 Å². The molecule has 1 heterocycles. The molecule has 0 amide bonds. The number of anilines is 1. The molecule has 4 rings (SSSR count). The molecule has 0 saturated heterocycles. The Morgan fingerprint density at radius 3 is 1.91 bits per heavy atom. The van der Waals surface area contributed by atoms with E-state index in [0.29, 0.717) is 17.8 Å². The number of sulfonamides is 2. The summed E-state index contributed by atoms with van der Waals surface area (Å²) in [6, 6.07) is 20.7. The highest BCUT2D eigenvalue weighted by atomic mass is 32.2. The number of nitrogens with zero attached hydrogens (tertiary/aromatic N) is 2. The second-order valence-corrected chi connectivity index (χ2v) is 11.8. The number of hydrogen-bond acceptors (Lipinski definition) is 5. The van der Waals surface area contributed by atoms with Crippen LogP contribution in [-0.2, 0) is 20.0 Å². The molecule has 1 aliphatic rings. The van der Waals surface area contributed by atoms with Crippen molar-refractivity contribution in [2.24, 2.45) is 5.10 Å². The maximum Gasteiger partial charge on any atom is 0.279 e. The highest BCUT2D eigenvalue weighted by Gasteiger charge is 2.37. The van der Waals surface area contributed by atoms with Crippen molar-refractivity contribution in [3.8, 4) is 0 Å². The zero-order valence-corrected chi connectivity index (χ0v) is 20.2. The quantitative estimate of drug-likeness (QED) is 0.568. The van der Waals surface area contributed by atoms with Crippen molar-refractivity contribution < 1.29 is 16.8 Å². The maximum absolute atomic E-state index is 13.5. The van der Waals surface area contributed by atoms with E-state index in [-0.39, 0.29) is 4.90 Å². The first-order chi connectivity index (χ1) is 15.5. The first-order valence-electron chi connectivity index (χ1n) is 10.4. The van der Waals surface area contributed by atoms with Crippen LogP contribution in [0, 0.1) is 13.8 Å². The van der Waals surface area contributed by atoms with Gasteiger partial charge >= 0.3 is 0 Å². The molecule has 0 spiro atoms. The lowest BCUT2D eigenvalue weighted by Gasteiger charge is -2.23. The second kappa shape index (κ2) is 8.64. The molecule has 3 aromatic rings. The van der Waals surface area contributed by atoms with Crippen molar-refractivity contribution in [1.29, 1.82) is 0 Å². The van der Waals surface area contributed by atoms with E-state index in [1.807, 2.05) is 38.1 Å². The average Bonchev–Trinajstić information content (AvgIpc) is 3.20. The van der Waals surface area contributed by atoms with E-state index in [1.54, 1.807) is 48.5 Å². The van der Waals surface area contributed by atoms with Gasteiger partial charge in [0.25, 0.3) is 10.0 Å². The molecular weight excluding hydrogens is 458 g/mol. The fraction of sp³-hybridized carbons (Fsp3) is 0.208. The van der Waals surface area contributed by atoms with E-state index in [0.717, 1.165) is 28.5 Å². The van der Waals surface area contributed by atoms with Crippen molar-refractivity contribution in [1.82, 2.24) is 4.41 Å². The standard InChI is InChI=1S/C24H25N3O4S2/c1-17-4-8-20(9-5-17)24-16-23(19-10-12-21(13-11-19)26-32(3,28)29)25-27(24)33(30,31)22-14-6-18(2)7-15-22/h4-15,24,26H,16H2,1-3H3. The van der Waals surface area contributed by atoms with Crippen LogP contribution in [0.3, 0.4) is 0 Å². The lowest BCUT2D eigenvalue weighted by atomic mass is 9.98. The summed E-state index contributed by atoms with van der Waals surface area (Å²) in [5, 5.41) is 4.54. The lowest BCUT2D eigenvalue weighted by molar-refractivity contribution is 0.371. The number of hydrogen-bond donors (Lipinski definition) is 1. The third kappa shape index (κ3) is 5.09. The van der Waals surface area contributed by atoms with Gasteiger partial charge in [-0.25, -0.2) is 8.42 Å². The molecule has 0 aliphatic carbocycles. The molecule has 1 aliphatic heterocycles. The van der Waals surface area contributed by atoms with Crippen molar-refractivity contribution >= 4 is 31.4 Å². The highest BCUT2D eigenvalue weighted by molar-refractivity contribution is 7.92. The number of hydrazone groups is 1. The van der Waals surface area contributed by atoms with Gasteiger partial charge in [0.05, 0.1) is 22.9 Å². The summed E-state index contributed by atoms with van der Waals surface area (Å²) in [5.74, 6) is 0. The van der Waals surface area contributed by atoms with Crippen LogP contribution in [0.1, 0.15) is 34.7 Å². The Balaban J connectivity index is 1.73. The minimum atomic E-state index is -3.88. The average molecular weight is 484 g/mol. The molecule has 1 N–H and O–H groups in total. The van der Waals surface area contributed by atoms with E-state index in [4.69, 9.17) is 0 Å². The van der Waals surface area contributed by atoms with E-state index >= 15 is 0 Å². The minimum absolute atomic E-state index is 0.183. The summed E-state index contributed by atoms with van der Waals surface area (Å²) in [4.78, 5) is 0.183. The molecule has 33 heavy (non-hydrogen) atoms. The van der Waals surface area contributed by atoms with Crippen LogP contribution in [0.2, 0.25) is 0 Å². The van der Waals surface area contributed by atoms with Crippen LogP contribution in [0.25, 0.3) is 0 Å². The number of benzene rings is 3. The molecular formula is C24H25N3O4S2. The van der Waals surface area contributed by atoms with Gasteiger partial charge in [-0.1, -0.05) is 59.7 Å². The molecule has 1 atom stereocenters. The van der Waals surface area contributed by atoms with Gasteiger partial charge < -0.3 is 0 Å². The normalized spacial score (nSPS) is 16.5. The second-order valence-electron chi connectivity index (χ2n) is 8.22. The largest absolute Gasteiger partial charge is 0.284 e. The van der Waals surface area contributed by atoms with Crippen molar-refractivity contribution in [3.05, 3.63) is 95.1 Å². The minimum Gasteiger partial charge on any atom is -0.284 e. The van der Waals surface area contributed by atoms with Gasteiger partial charge in [-0.3, -0.25) is 4.72 Å². The summed E-state index contributed by atoms with van der Waals surface area (Å²) in [6.45, 7) is 3.88. The summed E-state index contributed by atoms with van der Waals surface area (Å²) < 4.78 is 53.6. The van der Waals surface area contributed by atoms with E-state index in [2.05, 4.69) is 9.82 Å². The molecule has 0 aromatic heterocycles. The predicted molar refractivity (Wildman–Crippen MR) is 130 cm³/mol. The summed E-state index contributed by atoms with van der Waals surface area (Å²) in [7, 11) is -7.27. The number of aryl methyl sites for hydroxylation is 2. The third-order valence-electron chi connectivity index (χ3n) is 5.42. The zero-order chi connectivity index (χ0) is 23.8. The Kier molecular flexibility index (Phi) is 6.02. The molecule has 0 radical (unpaired) electrons. The van der Waals surface area contributed by atoms with Crippen molar-refractivity contribution in [3.63, 3.8) is 0 Å². The molecule has 3 aromatic carbocycles. The fourth-order valence-corrected chi connectivity index (χ4v) is 5.68. The first-order valence-corrected chi connectivity index (χ1v) is 13.7. The zero-order valence-electron chi connectivity index (χ0n) is 18.6. The Morgan fingerprint density at radius 1 is 0.818 bits per heavy atom. The molecule has 0 bridgehead atoms. The summed E-state index contributed by atoms with van der Waals surface area (Å²) >= 11 is 0. The van der Waals surface area contributed by atoms with E-state index < -0.39 is 26.1 Å². The summed E-state index contributed by atoms with van der Waals surface area (Å²) in [6.07, 6.45) is 1.48. The lowest BCUT2D eigenvalue weighted by Crippen LogP contribution is -2.27. The van der Waals surface area contributed by atoms with Crippen molar-refractivity contribution in [2.75, 3.05) is 11.0 Å². The van der Waals surface area contributed by atoms with Gasteiger partial charge in [0.2, 0.25) is 10.0 Å². The first kappa shape index (κ1) is 23.0. The van der Waals surface area contributed by atoms with Crippen LogP contribution in [0.5, 0.6) is 0 Å². The topological polar surface area (TPSA) is 95.9 Å². The Labute approximate surface area is 194 Å². The fourth-order valence-electron chi connectivity index (χ4n) is 3.68. The predicted octanol–water partition coefficient (Wildman–Crippen LogP) is 4.21. The number of rotatable bonds is 6. The molecule has 9 heteroatoms. The molecule has 1 unspecified atom stereocenters. The molecule has 7 nitrogen and oxygen atoms in total.